The van der Waals surface area contributed by atoms with E-state index in [9.17, 15) is 0 Å². The van der Waals surface area contributed by atoms with E-state index in [1.54, 1.807) is 0 Å². The predicted molar refractivity (Wildman–Crippen MR) is 120 cm³/mol. The Morgan fingerprint density at radius 1 is 0.852 bits per heavy atom. The quantitative estimate of drug-likeness (QED) is 0.546. The Morgan fingerprint density at radius 3 is 1.81 bits per heavy atom. The summed E-state index contributed by atoms with van der Waals surface area (Å²) in [6, 6.07) is 8.53. The van der Waals surface area contributed by atoms with Gasteiger partial charge in [0.25, 0.3) is 0 Å². The fourth-order valence-electron chi connectivity index (χ4n) is 3.12. The van der Waals surface area contributed by atoms with E-state index in [2.05, 4.69) is 94.5 Å². The van der Waals surface area contributed by atoms with Gasteiger partial charge in [0.15, 0.2) is 8.37 Å². The standard InChI is InChI=1S/C21H32N5P/c1-14-12-15(2)21(16(3)13-14)22-17(4)19-10-11-20(23-19)18(5)24-27(25(6)7)26(8)9/h10-13,23H,1-9H3/b22-17?,24-18+. The van der Waals surface area contributed by atoms with Gasteiger partial charge in [0.1, 0.15) is 0 Å². The first-order chi connectivity index (χ1) is 12.6. The maximum absolute atomic E-state index is 4.90. The van der Waals surface area contributed by atoms with Crippen LogP contribution in [-0.4, -0.2) is 53.9 Å². The maximum Gasteiger partial charge on any atom is 0.168 e. The summed E-state index contributed by atoms with van der Waals surface area (Å²) in [7, 11) is 7.55. The average molecular weight is 385 g/mol. The number of aryl methyl sites for hydroxylation is 3. The lowest BCUT2D eigenvalue weighted by Gasteiger charge is -2.25. The number of nitrogens with zero attached hydrogens (tertiary/aromatic N) is 4. The van der Waals surface area contributed by atoms with Gasteiger partial charge in [0.2, 0.25) is 0 Å². The number of aliphatic imine (C=N–C) groups is 1. The molecule has 0 aliphatic rings. The Balaban J connectivity index is 2.32. The van der Waals surface area contributed by atoms with Crippen LogP contribution in [0.1, 0.15) is 41.9 Å². The predicted octanol–water partition coefficient (Wildman–Crippen LogP) is 5.24. The van der Waals surface area contributed by atoms with E-state index < -0.39 is 8.37 Å². The number of benzene rings is 1. The Bertz CT molecular complexity index is 830. The molecule has 6 heteroatoms. The van der Waals surface area contributed by atoms with Gasteiger partial charge in [-0.05, 0) is 86.1 Å². The van der Waals surface area contributed by atoms with Gasteiger partial charge in [0.05, 0.1) is 28.5 Å². The van der Waals surface area contributed by atoms with Gasteiger partial charge in [-0.2, -0.15) is 0 Å². The topological polar surface area (TPSA) is 47.0 Å². The Kier molecular flexibility index (Phi) is 7.10. The molecule has 0 aliphatic heterocycles. The van der Waals surface area contributed by atoms with Gasteiger partial charge in [-0.1, -0.05) is 17.7 Å². The molecule has 0 aliphatic carbocycles. The highest BCUT2D eigenvalue weighted by Crippen LogP contribution is 2.41. The Hall–Kier alpha value is -1.81. The number of aromatic nitrogens is 1. The second-order valence-corrected chi connectivity index (χ2v) is 9.72. The van der Waals surface area contributed by atoms with Crippen LogP contribution in [-0.2, 0) is 0 Å². The summed E-state index contributed by atoms with van der Waals surface area (Å²) >= 11 is 0. The third-order valence-electron chi connectivity index (χ3n) is 4.34. The molecule has 0 amide bonds. The normalized spacial score (nSPS) is 13.3. The molecule has 0 saturated carbocycles. The SMILES string of the molecule is CC(=Nc1c(C)cc(C)cc1C)c1ccc(/C(C)=N/P(N(C)C)N(C)C)[nH]1. The van der Waals surface area contributed by atoms with E-state index in [1.807, 2.05) is 6.92 Å². The second-order valence-electron chi connectivity index (χ2n) is 7.38. The zero-order chi connectivity index (χ0) is 20.3. The lowest BCUT2D eigenvalue weighted by molar-refractivity contribution is 0.575. The van der Waals surface area contributed by atoms with E-state index in [4.69, 9.17) is 9.76 Å². The smallest absolute Gasteiger partial charge is 0.168 e. The lowest BCUT2D eigenvalue weighted by atomic mass is 10.1. The first-order valence-corrected chi connectivity index (χ1v) is 10.3. The van der Waals surface area contributed by atoms with Crippen molar-refractivity contribution >= 4 is 25.5 Å². The number of hydrogen-bond donors (Lipinski definition) is 1. The summed E-state index contributed by atoms with van der Waals surface area (Å²) < 4.78 is 9.20. The number of aromatic amines is 1. The molecule has 0 bridgehead atoms. The van der Waals surface area contributed by atoms with Crippen molar-refractivity contribution in [2.75, 3.05) is 28.2 Å². The van der Waals surface area contributed by atoms with Gasteiger partial charge in [-0.3, -0.25) is 14.3 Å². The van der Waals surface area contributed by atoms with E-state index in [0.717, 1.165) is 28.5 Å². The fraction of sp³-hybridized carbons (Fsp3) is 0.429. The van der Waals surface area contributed by atoms with Crippen molar-refractivity contribution in [3.05, 3.63) is 52.3 Å². The summed E-state index contributed by atoms with van der Waals surface area (Å²) in [5, 5.41) is 0. The maximum atomic E-state index is 4.90. The zero-order valence-electron chi connectivity index (χ0n) is 18.0. The van der Waals surface area contributed by atoms with Crippen LogP contribution in [0.2, 0.25) is 0 Å². The molecule has 0 spiro atoms. The molecule has 0 atom stereocenters. The van der Waals surface area contributed by atoms with Gasteiger partial charge >= 0.3 is 0 Å². The van der Waals surface area contributed by atoms with Crippen LogP contribution in [0.25, 0.3) is 0 Å². The summed E-state index contributed by atoms with van der Waals surface area (Å²) in [6.07, 6.45) is 0. The molecule has 2 aromatic rings. The Labute approximate surface area is 165 Å². The van der Waals surface area contributed by atoms with E-state index in [1.165, 1.54) is 16.7 Å². The van der Waals surface area contributed by atoms with Crippen molar-refractivity contribution in [3.8, 4) is 0 Å². The zero-order valence-corrected chi connectivity index (χ0v) is 18.9. The van der Waals surface area contributed by atoms with Crippen LogP contribution in [0, 0.1) is 20.8 Å². The molecule has 5 nitrogen and oxygen atoms in total. The van der Waals surface area contributed by atoms with Gasteiger partial charge in [0, 0.05) is 0 Å². The minimum atomic E-state index is -0.695. The largest absolute Gasteiger partial charge is 0.353 e. The van der Waals surface area contributed by atoms with Gasteiger partial charge in [-0.25, -0.2) is 4.76 Å². The van der Waals surface area contributed by atoms with Gasteiger partial charge < -0.3 is 4.98 Å². The molecule has 0 radical (unpaired) electrons. The molecule has 0 saturated heterocycles. The molecule has 2 rings (SSSR count). The number of H-pyrrole nitrogens is 1. The molecular weight excluding hydrogens is 353 g/mol. The minimum Gasteiger partial charge on any atom is -0.353 e. The number of nitrogens with one attached hydrogen (secondary N) is 1. The molecule has 1 aromatic heterocycles. The lowest BCUT2D eigenvalue weighted by Crippen LogP contribution is -2.16. The van der Waals surface area contributed by atoms with Crippen LogP contribution in [0.15, 0.2) is 34.0 Å². The summed E-state index contributed by atoms with van der Waals surface area (Å²) in [5.74, 6) is 0. The molecule has 146 valence electrons. The van der Waals surface area contributed by atoms with Crippen LogP contribution in [0.3, 0.4) is 0 Å². The molecule has 1 N–H and O–H groups in total. The Morgan fingerprint density at radius 2 is 1.33 bits per heavy atom. The highest BCUT2D eigenvalue weighted by molar-refractivity contribution is 7.51. The third-order valence-corrected chi connectivity index (χ3v) is 6.25. The molecule has 1 heterocycles. The molecule has 27 heavy (non-hydrogen) atoms. The number of rotatable bonds is 6. The van der Waals surface area contributed by atoms with Crippen LogP contribution < -0.4 is 0 Å². The molecule has 0 unspecified atom stereocenters. The third kappa shape index (κ3) is 5.35. The van der Waals surface area contributed by atoms with Crippen molar-refractivity contribution in [1.29, 1.82) is 0 Å². The first-order valence-electron chi connectivity index (χ1n) is 9.13. The van der Waals surface area contributed by atoms with Crippen LogP contribution in [0.4, 0.5) is 5.69 Å². The minimum absolute atomic E-state index is 0.695. The van der Waals surface area contributed by atoms with Crippen LogP contribution in [0.5, 0.6) is 0 Å². The summed E-state index contributed by atoms with van der Waals surface area (Å²) in [5.41, 5.74) is 8.79. The highest BCUT2D eigenvalue weighted by atomic mass is 31.1. The van der Waals surface area contributed by atoms with E-state index in [-0.39, 0.29) is 0 Å². The van der Waals surface area contributed by atoms with Crippen molar-refractivity contribution < 1.29 is 0 Å². The van der Waals surface area contributed by atoms with Gasteiger partial charge in [-0.15, -0.1) is 0 Å². The highest BCUT2D eigenvalue weighted by Gasteiger charge is 2.14. The molecule has 0 fully saturated rings. The summed E-state index contributed by atoms with van der Waals surface area (Å²) in [6.45, 7) is 10.5. The van der Waals surface area contributed by atoms with E-state index in [0.29, 0.717) is 0 Å². The van der Waals surface area contributed by atoms with Crippen molar-refractivity contribution in [3.63, 3.8) is 0 Å². The number of hydrogen-bond acceptors (Lipinski definition) is 4. The van der Waals surface area contributed by atoms with Crippen molar-refractivity contribution in [1.82, 2.24) is 14.3 Å². The first kappa shape index (κ1) is 21.5. The average Bonchev–Trinajstić information content (AvgIpc) is 3.05. The molecule has 1 aromatic carbocycles. The summed E-state index contributed by atoms with van der Waals surface area (Å²) in [4.78, 5) is 8.37. The monoisotopic (exact) mass is 385 g/mol. The fourth-order valence-corrected chi connectivity index (χ4v) is 4.57. The second kappa shape index (κ2) is 8.92. The van der Waals surface area contributed by atoms with Crippen molar-refractivity contribution in [2.45, 2.75) is 34.6 Å². The van der Waals surface area contributed by atoms with Crippen molar-refractivity contribution in [2.24, 2.45) is 9.76 Å². The van der Waals surface area contributed by atoms with Crippen LogP contribution >= 0.6 is 8.37 Å². The molecular formula is C21H32N5P. The van der Waals surface area contributed by atoms with E-state index >= 15 is 0 Å².